The van der Waals surface area contributed by atoms with Crippen molar-refractivity contribution in [2.24, 2.45) is 0 Å². The van der Waals surface area contributed by atoms with E-state index >= 15 is 0 Å². The highest BCUT2D eigenvalue weighted by atomic mass is 32.2. The monoisotopic (exact) mass is 315 g/mol. The molecular formula is C18H21NO2S. The third-order valence-electron chi connectivity index (χ3n) is 3.82. The summed E-state index contributed by atoms with van der Waals surface area (Å²) in [5, 5.41) is 12.6. The molecule has 2 aromatic carbocycles. The zero-order chi connectivity index (χ0) is 15.2. The maximum absolute atomic E-state index is 8.92. The number of fused-ring (bicyclic) bond motifs is 1. The Labute approximate surface area is 135 Å². The minimum atomic E-state index is 0.0367. The number of para-hydroxylation sites is 1. The van der Waals surface area contributed by atoms with Crippen LogP contribution in [0.1, 0.15) is 23.6 Å². The zero-order valence-electron chi connectivity index (χ0n) is 12.5. The number of ether oxygens (including phenoxy) is 1. The number of hydrogen-bond acceptors (Lipinski definition) is 4. The van der Waals surface area contributed by atoms with Gasteiger partial charge in [-0.1, -0.05) is 36.4 Å². The van der Waals surface area contributed by atoms with Gasteiger partial charge in [-0.3, -0.25) is 0 Å². The van der Waals surface area contributed by atoms with E-state index in [1.165, 1.54) is 10.5 Å². The highest BCUT2D eigenvalue weighted by Gasteiger charge is 2.19. The van der Waals surface area contributed by atoms with Crippen LogP contribution in [0.25, 0.3) is 0 Å². The Balaban J connectivity index is 1.69. The van der Waals surface area contributed by atoms with Gasteiger partial charge in [0.1, 0.15) is 12.4 Å². The van der Waals surface area contributed by atoms with Gasteiger partial charge in [0.25, 0.3) is 0 Å². The van der Waals surface area contributed by atoms with Gasteiger partial charge in [0, 0.05) is 23.0 Å². The summed E-state index contributed by atoms with van der Waals surface area (Å²) in [6.07, 6.45) is 1.14. The first-order valence-corrected chi connectivity index (χ1v) is 8.63. The average Bonchev–Trinajstić information content (AvgIpc) is 2.59. The molecule has 22 heavy (non-hydrogen) atoms. The molecule has 0 bridgehead atoms. The zero-order valence-corrected chi connectivity index (χ0v) is 13.3. The van der Waals surface area contributed by atoms with Gasteiger partial charge in [-0.2, -0.15) is 0 Å². The third-order valence-corrected chi connectivity index (χ3v) is 4.94. The molecule has 1 atom stereocenters. The van der Waals surface area contributed by atoms with Gasteiger partial charge in [-0.15, -0.1) is 11.8 Å². The van der Waals surface area contributed by atoms with Crippen molar-refractivity contribution in [1.82, 2.24) is 5.32 Å². The predicted molar refractivity (Wildman–Crippen MR) is 90.4 cm³/mol. The number of aliphatic hydroxyl groups excluding tert-OH is 1. The van der Waals surface area contributed by atoms with E-state index in [0.717, 1.165) is 30.0 Å². The summed E-state index contributed by atoms with van der Waals surface area (Å²) < 4.78 is 5.60. The maximum atomic E-state index is 8.92. The summed E-state index contributed by atoms with van der Waals surface area (Å²) in [4.78, 5) is 1.39. The van der Waals surface area contributed by atoms with Crippen molar-refractivity contribution in [2.45, 2.75) is 23.9 Å². The number of rotatable bonds is 6. The van der Waals surface area contributed by atoms with Crippen LogP contribution >= 0.6 is 11.8 Å². The second kappa shape index (κ2) is 7.68. The lowest BCUT2D eigenvalue weighted by molar-refractivity contribution is 0.200. The van der Waals surface area contributed by atoms with Crippen LogP contribution in [0.2, 0.25) is 0 Å². The van der Waals surface area contributed by atoms with Crippen molar-refractivity contribution < 1.29 is 9.84 Å². The molecule has 3 rings (SSSR count). The molecule has 0 saturated heterocycles. The number of nitrogens with one attached hydrogen (secondary N) is 1. The lowest BCUT2D eigenvalue weighted by atomic mass is 10.0. The standard InChI is InChI=1S/C18H21NO2S/c20-10-11-21-17-7-3-1-5-14(17)13-19-16-9-12-22-18-8-4-2-6-15(16)18/h1-8,16,19-20H,9-13H2. The quantitative estimate of drug-likeness (QED) is 0.857. The number of hydrogen-bond donors (Lipinski definition) is 2. The molecule has 0 saturated carbocycles. The molecule has 2 N–H and O–H groups in total. The van der Waals surface area contributed by atoms with Crippen LogP contribution in [0.4, 0.5) is 0 Å². The molecule has 0 aliphatic carbocycles. The Morgan fingerprint density at radius 2 is 1.95 bits per heavy atom. The van der Waals surface area contributed by atoms with E-state index in [4.69, 9.17) is 9.84 Å². The molecule has 0 amide bonds. The molecule has 0 fully saturated rings. The van der Waals surface area contributed by atoms with Gasteiger partial charge >= 0.3 is 0 Å². The van der Waals surface area contributed by atoms with Crippen LogP contribution in [-0.4, -0.2) is 24.1 Å². The van der Waals surface area contributed by atoms with Gasteiger partial charge in [0.05, 0.1) is 6.61 Å². The first kappa shape index (κ1) is 15.4. The van der Waals surface area contributed by atoms with Crippen molar-refractivity contribution in [1.29, 1.82) is 0 Å². The highest BCUT2D eigenvalue weighted by Crippen LogP contribution is 2.36. The molecule has 0 spiro atoms. The third kappa shape index (κ3) is 3.64. The van der Waals surface area contributed by atoms with Gasteiger partial charge in [-0.05, 0) is 29.9 Å². The van der Waals surface area contributed by atoms with E-state index in [1.807, 2.05) is 30.0 Å². The molecular weight excluding hydrogens is 294 g/mol. The van der Waals surface area contributed by atoms with Gasteiger partial charge in [0.15, 0.2) is 0 Å². The molecule has 1 heterocycles. The molecule has 1 aliphatic rings. The lowest BCUT2D eigenvalue weighted by Crippen LogP contribution is -2.24. The van der Waals surface area contributed by atoms with E-state index in [-0.39, 0.29) is 6.61 Å². The summed E-state index contributed by atoms with van der Waals surface area (Å²) in [5.74, 6) is 2.00. The Hall–Kier alpha value is -1.49. The number of benzene rings is 2. The van der Waals surface area contributed by atoms with Crippen molar-refractivity contribution in [3.8, 4) is 5.75 Å². The van der Waals surface area contributed by atoms with Gasteiger partial charge in [-0.25, -0.2) is 0 Å². The van der Waals surface area contributed by atoms with E-state index in [2.05, 4.69) is 35.6 Å². The van der Waals surface area contributed by atoms with Crippen LogP contribution in [0, 0.1) is 0 Å². The number of aliphatic hydroxyl groups is 1. The van der Waals surface area contributed by atoms with Gasteiger partial charge < -0.3 is 15.2 Å². The van der Waals surface area contributed by atoms with Crippen LogP contribution in [0.15, 0.2) is 53.4 Å². The topological polar surface area (TPSA) is 41.5 Å². The molecule has 2 aromatic rings. The second-order valence-corrected chi connectivity index (χ2v) is 6.42. The Kier molecular flexibility index (Phi) is 5.38. The number of thioether (sulfide) groups is 1. The first-order valence-electron chi connectivity index (χ1n) is 7.65. The van der Waals surface area contributed by atoms with Crippen LogP contribution < -0.4 is 10.1 Å². The van der Waals surface area contributed by atoms with Gasteiger partial charge in [0.2, 0.25) is 0 Å². The molecule has 3 nitrogen and oxygen atoms in total. The molecule has 1 unspecified atom stereocenters. The maximum Gasteiger partial charge on any atom is 0.123 e. The summed E-state index contributed by atoms with van der Waals surface area (Å²) in [6.45, 7) is 1.14. The van der Waals surface area contributed by atoms with Crippen LogP contribution in [0.3, 0.4) is 0 Å². The summed E-state index contributed by atoms with van der Waals surface area (Å²) in [7, 11) is 0. The Bertz CT molecular complexity index is 618. The minimum Gasteiger partial charge on any atom is -0.491 e. The fourth-order valence-corrected chi connectivity index (χ4v) is 3.86. The predicted octanol–water partition coefficient (Wildman–Crippen LogP) is 3.38. The Morgan fingerprint density at radius 3 is 2.86 bits per heavy atom. The highest BCUT2D eigenvalue weighted by molar-refractivity contribution is 7.99. The van der Waals surface area contributed by atoms with E-state index in [0.29, 0.717) is 12.6 Å². The van der Waals surface area contributed by atoms with Crippen molar-refractivity contribution >= 4 is 11.8 Å². The lowest BCUT2D eigenvalue weighted by Gasteiger charge is -2.26. The summed E-state index contributed by atoms with van der Waals surface area (Å²) >= 11 is 1.94. The SMILES string of the molecule is OCCOc1ccccc1CNC1CCSc2ccccc21. The normalized spacial score (nSPS) is 17.0. The smallest absolute Gasteiger partial charge is 0.123 e. The van der Waals surface area contributed by atoms with Crippen molar-refractivity contribution in [3.05, 3.63) is 59.7 Å². The fraction of sp³-hybridized carbons (Fsp3) is 0.333. The van der Waals surface area contributed by atoms with E-state index in [9.17, 15) is 0 Å². The summed E-state index contributed by atoms with van der Waals surface area (Å²) in [6, 6.07) is 17.0. The minimum absolute atomic E-state index is 0.0367. The van der Waals surface area contributed by atoms with E-state index in [1.54, 1.807) is 0 Å². The molecule has 4 heteroatoms. The molecule has 1 aliphatic heterocycles. The summed E-state index contributed by atoms with van der Waals surface area (Å²) in [5.41, 5.74) is 2.53. The van der Waals surface area contributed by atoms with E-state index < -0.39 is 0 Å². The van der Waals surface area contributed by atoms with Crippen LogP contribution in [0.5, 0.6) is 5.75 Å². The first-order chi connectivity index (χ1) is 10.9. The fourth-order valence-electron chi connectivity index (χ4n) is 2.73. The van der Waals surface area contributed by atoms with Crippen molar-refractivity contribution in [2.75, 3.05) is 19.0 Å². The Morgan fingerprint density at radius 1 is 1.14 bits per heavy atom. The molecule has 0 radical (unpaired) electrons. The van der Waals surface area contributed by atoms with Crippen molar-refractivity contribution in [3.63, 3.8) is 0 Å². The molecule has 0 aromatic heterocycles. The molecule has 116 valence electrons. The van der Waals surface area contributed by atoms with Crippen LogP contribution in [-0.2, 0) is 6.54 Å². The largest absolute Gasteiger partial charge is 0.491 e. The average molecular weight is 315 g/mol. The second-order valence-electron chi connectivity index (χ2n) is 5.29.